The highest BCUT2D eigenvalue weighted by Gasteiger charge is 2.33. The van der Waals surface area contributed by atoms with E-state index in [4.69, 9.17) is 18.9 Å². The van der Waals surface area contributed by atoms with E-state index in [0.717, 1.165) is 58.5 Å². The third kappa shape index (κ3) is 10.2. The molecular weight excluding hydrogens is 663 g/mol. The van der Waals surface area contributed by atoms with E-state index in [1.54, 1.807) is 0 Å². The Morgan fingerprint density at radius 2 is 1.59 bits per heavy atom. The van der Waals surface area contributed by atoms with Gasteiger partial charge < -0.3 is 29.6 Å². The summed E-state index contributed by atoms with van der Waals surface area (Å²) in [4.78, 5) is 28.7. The predicted molar refractivity (Wildman–Crippen MR) is 199 cm³/mol. The SMILES string of the molecule is CC(=O)NCCCCCC(=O)Nc1cccc([C@@H]2O[C@H](CSc3nc(-c4ccccc4)c(-c4ccccc4)o3)C[C@H](c3ccc(CO)cc3)O2)c1. The summed E-state index contributed by atoms with van der Waals surface area (Å²) in [6.45, 7) is 2.09. The molecule has 0 bridgehead atoms. The quantitative estimate of drug-likeness (QED) is 0.0733. The Morgan fingerprint density at radius 1 is 0.843 bits per heavy atom. The Labute approximate surface area is 302 Å². The van der Waals surface area contributed by atoms with Crippen LogP contribution >= 0.6 is 11.8 Å². The van der Waals surface area contributed by atoms with Gasteiger partial charge >= 0.3 is 0 Å². The maximum atomic E-state index is 12.7. The number of oxazole rings is 1. The zero-order valence-corrected chi connectivity index (χ0v) is 29.4. The number of unbranched alkanes of at least 4 members (excludes halogenated alkanes) is 2. The molecule has 10 heteroatoms. The fraction of sp³-hybridized carbons (Fsp3) is 0.293. The lowest BCUT2D eigenvalue weighted by atomic mass is 10.0. The van der Waals surface area contributed by atoms with Gasteiger partial charge in [-0.1, -0.05) is 115 Å². The van der Waals surface area contributed by atoms with Crippen LogP contribution in [0.3, 0.4) is 0 Å². The molecule has 2 heterocycles. The van der Waals surface area contributed by atoms with Crippen molar-refractivity contribution in [2.45, 2.75) is 69.4 Å². The van der Waals surface area contributed by atoms with Crippen LogP contribution in [0.1, 0.15) is 68.1 Å². The molecule has 264 valence electrons. The largest absolute Gasteiger partial charge is 0.431 e. The van der Waals surface area contributed by atoms with Crippen LogP contribution in [0.15, 0.2) is 119 Å². The van der Waals surface area contributed by atoms with Gasteiger partial charge in [0.2, 0.25) is 11.8 Å². The Bertz CT molecular complexity index is 1810. The van der Waals surface area contributed by atoms with Crippen molar-refractivity contribution in [1.82, 2.24) is 10.3 Å². The lowest BCUT2D eigenvalue weighted by Crippen LogP contribution is -2.31. The molecule has 4 aromatic carbocycles. The fourth-order valence-corrected chi connectivity index (χ4v) is 6.81. The summed E-state index contributed by atoms with van der Waals surface area (Å²) < 4.78 is 19.5. The van der Waals surface area contributed by atoms with Gasteiger partial charge in [-0.3, -0.25) is 9.59 Å². The lowest BCUT2D eigenvalue weighted by Gasteiger charge is -2.36. The third-order valence-corrected chi connectivity index (χ3v) is 9.56. The average Bonchev–Trinajstić information content (AvgIpc) is 3.60. The highest BCUT2D eigenvalue weighted by Crippen LogP contribution is 2.41. The van der Waals surface area contributed by atoms with E-state index in [9.17, 15) is 14.7 Å². The van der Waals surface area contributed by atoms with Crippen LogP contribution in [-0.2, 0) is 25.7 Å². The van der Waals surface area contributed by atoms with E-state index in [-0.39, 0.29) is 30.6 Å². The van der Waals surface area contributed by atoms with Gasteiger partial charge in [0.15, 0.2) is 12.1 Å². The number of carbonyl (C=O) groups excluding carboxylic acids is 2. The minimum Gasteiger partial charge on any atom is -0.431 e. The first-order valence-electron chi connectivity index (χ1n) is 17.3. The summed E-state index contributed by atoms with van der Waals surface area (Å²) in [7, 11) is 0. The van der Waals surface area contributed by atoms with Crippen LogP contribution in [-0.4, -0.2) is 40.3 Å². The first-order chi connectivity index (χ1) is 24.9. The first kappa shape index (κ1) is 36.1. The molecule has 0 unspecified atom stereocenters. The van der Waals surface area contributed by atoms with Gasteiger partial charge in [-0.05, 0) is 36.1 Å². The fourth-order valence-electron chi connectivity index (χ4n) is 5.96. The molecule has 0 saturated carbocycles. The summed E-state index contributed by atoms with van der Waals surface area (Å²) in [6.07, 6.45) is 2.28. The molecule has 5 aromatic rings. The van der Waals surface area contributed by atoms with Crippen molar-refractivity contribution in [2.24, 2.45) is 0 Å². The number of thioether (sulfide) groups is 1. The molecule has 6 rings (SSSR count). The number of amides is 2. The van der Waals surface area contributed by atoms with Crippen molar-refractivity contribution in [1.29, 1.82) is 0 Å². The van der Waals surface area contributed by atoms with Gasteiger partial charge in [0.05, 0.1) is 18.8 Å². The number of nitrogens with one attached hydrogen (secondary N) is 2. The summed E-state index contributed by atoms with van der Waals surface area (Å²) in [5.74, 6) is 1.19. The van der Waals surface area contributed by atoms with Crippen molar-refractivity contribution in [3.63, 3.8) is 0 Å². The molecule has 9 nitrogen and oxygen atoms in total. The summed E-state index contributed by atoms with van der Waals surface area (Å²) in [5, 5.41) is 15.9. The van der Waals surface area contributed by atoms with Crippen molar-refractivity contribution in [3.8, 4) is 22.6 Å². The molecule has 3 atom stereocenters. The molecule has 1 saturated heterocycles. The summed E-state index contributed by atoms with van der Waals surface area (Å²) in [6, 6.07) is 35.4. The number of anilines is 1. The van der Waals surface area contributed by atoms with Crippen LogP contribution in [0, 0.1) is 0 Å². The zero-order chi connectivity index (χ0) is 35.4. The van der Waals surface area contributed by atoms with Crippen molar-refractivity contribution < 1.29 is 28.6 Å². The summed E-state index contributed by atoms with van der Waals surface area (Å²) in [5.41, 5.74) is 6.02. The molecule has 2 amide bonds. The van der Waals surface area contributed by atoms with E-state index in [0.29, 0.717) is 36.0 Å². The zero-order valence-electron chi connectivity index (χ0n) is 28.6. The number of ether oxygens (including phenoxy) is 2. The molecule has 1 aliphatic heterocycles. The number of hydrogen-bond donors (Lipinski definition) is 3. The molecule has 0 aliphatic carbocycles. The van der Waals surface area contributed by atoms with E-state index in [2.05, 4.69) is 10.6 Å². The van der Waals surface area contributed by atoms with Gasteiger partial charge in [0.25, 0.3) is 5.22 Å². The maximum Gasteiger partial charge on any atom is 0.256 e. The van der Waals surface area contributed by atoms with Crippen molar-refractivity contribution >= 4 is 29.3 Å². The maximum absolute atomic E-state index is 12.7. The lowest BCUT2D eigenvalue weighted by molar-refractivity contribution is -0.245. The number of rotatable bonds is 15. The number of benzene rings is 4. The number of carbonyl (C=O) groups is 2. The third-order valence-electron chi connectivity index (χ3n) is 8.60. The normalized spacial score (nSPS) is 17.2. The molecule has 3 N–H and O–H groups in total. The van der Waals surface area contributed by atoms with Gasteiger partial charge in [0, 0.05) is 54.4 Å². The minimum atomic E-state index is -0.679. The van der Waals surface area contributed by atoms with E-state index in [1.807, 2.05) is 109 Å². The number of aliphatic hydroxyl groups excluding tert-OH is 1. The number of aliphatic hydroxyl groups is 1. The molecule has 1 aromatic heterocycles. The second-order valence-corrected chi connectivity index (χ2v) is 13.5. The molecule has 1 aliphatic rings. The van der Waals surface area contributed by atoms with Gasteiger partial charge in [-0.2, -0.15) is 0 Å². The van der Waals surface area contributed by atoms with E-state index < -0.39 is 6.29 Å². The second-order valence-electron chi connectivity index (χ2n) is 12.5. The Balaban J connectivity index is 1.16. The van der Waals surface area contributed by atoms with Crippen LogP contribution in [0.2, 0.25) is 0 Å². The smallest absolute Gasteiger partial charge is 0.256 e. The molecule has 0 radical (unpaired) electrons. The Hall–Kier alpha value is -4.74. The highest BCUT2D eigenvalue weighted by atomic mass is 32.2. The average molecular weight is 706 g/mol. The first-order valence-corrected chi connectivity index (χ1v) is 18.3. The topological polar surface area (TPSA) is 123 Å². The Kier molecular flexibility index (Phi) is 12.7. The molecule has 1 fully saturated rings. The minimum absolute atomic E-state index is 0.0293. The predicted octanol–water partition coefficient (Wildman–Crippen LogP) is 8.47. The van der Waals surface area contributed by atoms with Crippen LogP contribution in [0.5, 0.6) is 0 Å². The van der Waals surface area contributed by atoms with Crippen LogP contribution in [0.25, 0.3) is 22.6 Å². The van der Waals surface area contributed by atoms with Crippen LogP contribution in [0.4, 0.5) is 5.69 Å². The Morgan fingerprint density at radius 3 is 2.31 bits per heavy atom. The van der Waals surface area contributed by atoms with Gasteiger partial charge in [0.1, 0.15) is 5.69 Å². The van der Waals surface area contributed by atoms with Crippen LogP contribution < -0.4 is 10.6 Å². The second kappa shape index (κ2) is 18.0. The molecule has 0 spiro atoms. The highest BCUT2D eigenvalue weighted by molar-refractivity contribution is 7.99. The van der Waals surface area contributed by atoms with Crippen molar-refractivity contribution in [2.75, 3.05) is 17.6 Å². The molecular formula is C41H43N3O6S. The summed E-state index contributed by atoms with van der Waals surface area (Å²) >= 11 is 1.51. The molecule has 51 heavy (non-hydrogen) atoms. The van der Waals surface area contributed by atoms with Gasteiger partial charge in [-0.25, -0.2) is 4.98 Å². The number of nitrogens with zero attached hydrogens (tertiary/aromatic N) is 1. The number of hydrogen-bond acceptors (Lipinski definition) is 8. The number of aromatic nitrogens is 1. The monoisotopic (exact) mass is 705 g/mol. The van der Waals surface area contributed by atoms with Crippen molar-refractivity contribution in [3.05, 3.63) is 126 Å². The van der Waals surface area contributed by atoms with Gasteiger partial charge in [-0.15, -0.1) is 0 Å². The van der Waals surface area contributed by atoms with E-state index >= 15 is 0 Å². The van der Waals surface area contributed by atoms with E-state index in [1.165, 1.54) is 18.7 Å². The standard InChI is InChI=1S/C41H43N3O6S/c1-28(46)42-23-10-4-9-18-37(47)43-34-17-11-16-33(24-34)40-48-35(25-36(49-40)30-21-19-29(26-45)20-22-30)27-51-41-44-38(31-12-5-2-6-13-31)39(50-41)32-14-7-3-8-15-32/h2-3,5-8,11-17,19-22,24,35-36,40,45H,4,9-10,18,23,25-27H2,1H3,(H,42,46)(H,43,47)/t35-,36+,40+/m0/s1.